The monoisotopic (exact) mass is 578 g/mol. The average molecular weight is 579 g/mol. The predicted octanol–water partition coefficient (Wildman–Crippen LogP) is 3.31. The number of carbonyl (C=O) groups is 1. The first-order valence-corrected chi connectivity index (χ1v) is 15.5. The molecule has 10 heteroatoms. The lowest BCUT2D eigenvalue weighted by Gasteiger charge is -2.44. The van der Waals surface area contributed by atoms with E-state index in [1.165, 1.54) is 0 Å². The van der Waals surface area contributed by atoms with Gasteiger partial charge in [-0.25, -0.2) is 17.9 Å². The molecule has 2 aliphatic rings. The normalized spacial score (nSPS) is 21.1. The molecule has 9 nitrogen and oxygen atoms in total. The average Bonchev–Trinajstić information content (AvgIpc) is 2.98. The summed E-state index contributed by atoms with van der Waals surface area (Å²) >= 11 is 0. The number of fused-ring (bicyclic) bond motifs is 1. The second-order valence-electron chi connectivity index (χ2n) is 11.2. The van der Waals surface area contributed by atoms with Gasteiger partial charge < -0.3 is 25.0 Å². The number of nitrogens with zero attached hydrogens (tertiary/aromatic N) is 2. The summed E-state index contributed by atoms with van der Waals surface area (Å²) in [4.78, 5) is 16.8. The number of aliphatic hydroxyl groups excluding tert-OH is 1. The minimum Gasteiger partial charge on any atom is -0.492 e. The molecule has 0 radical (unpaired) electrons. The Hall–Kier alpha value is -3.44. The SMILES string of the molecule is CN1CC(O)CNS(=O)(=O)c2ccc(-c3ccccc3)cc2OCC2(CCN(C(=O)NCc3ccccc3)CC2)C1. The fourth-order valence-corrected chi connectivity index (χ4v) is 6.84. The first-order valence-electron chi connectivity index (χ1n) is 14.0. The summed E-state index contributed by atoms with van der Waals surface area (Å²) in [6.45, 7) is 2.71. The number of urea groups is 1. The fourth-order valence-electron chi connectivity index (χ4n) is 5.65. The van der Waals surface area contributed by atoms with Crippen molar-refractivity contribution in [3.8, 4) is 16.9 Å². The van der Waals surface area contributed by atoms with Gasteiger partial charge in [0.25, 0.3) is 0 Å². The Balaban J connectivity index is 1.37. The van der Waals surface area contributed by atoms with Gasteiger partial charge in [0.15, 0.2) is 0 Å². The number of ether oxygens (including phenoxy) is 1. The van der Waals surface area contributed by atoms with Crippen LogP contribution >= 0.6 is 0 Å². The van der Waals surface area contributed by atoms with Crippen LogP contribution in [0.3, 0.4) is 0 Å². The molecule has 3 aromatic carbocycles. The zero-order valence-corrected chi connectivity index (χ0v) is 24.1. The summed E-state index contributed by atoms with van der Waals surface area (Å²) in [7, 11) is -2.00. The lowest BCUT2D eigenvalue weighted by atomic mass is 9.78. The van der Waals surface area contributed by atoms with Gasteiger partial charge >= 0.3 is 6.03 Å². The van der Waals surface area contributed by atoms with Crippen LogP contribution in [0.25, 0.3) is 11.1 Å². The Bertz CT molecular complexity index is 1430. The Kier molecular flexibility index (Phi) is 8.94. The van der Waals surface area contributed by atoms with E-state index in [2.05, 4.69) is 10.0 Å². The molecule has 3 N–H and O–H groups in total. The summed E-state index contributed by atoms with van der Waals surface area (Å²) in [5.41, 5.74) is 2.51. The third-order valence-electron chi connectivity index (χ3n) is 7.91. The number of aliphatic hydroxyl groups is 1. The molecule has 1 atom stereocenters. The van der Waals surface area contributed by atoms with E-state index >= 15 is 0 Å². The molecular formula is C31H38N4O5S. The highest BCUT2D eigenvalue weighted by Crippen LogP contribution is 2.36. The maximum atomic E-state index is 13.3. The number of carbonyl (C=O) groups excluding carboxylic acids is 1. The highest BCUT2D eigenvalue weighted by atomic mass is 32.2. The molecule has 3 aromatic rings. The maximum Gasteiger partial charge on any atom is 0.317 e. The minimum absolute atomic E-state index is 0.0474. The van der Waals surface area contributed by atoms with Crippen molar-refractivity contribution in [2.45, 2.75) is 30.4 Å². The molecule has 5 rings (SSSR count). The third kappa shape index (κ3) is 7.26. The highest BCUT2D eigenvalue weighted by molar-refractivity contribution is 7.89. The van der Waals surface area contributed by atoms with Gasteiger partial charge in [0.05, 0.1) is 12.7 Å². The smallest absolute Gasteiger partial charge is 0.317 e. The van der Waals surface area contributed by atoms with Gasteiger partial charge in [-0.2, -0.15) is 0 Å². The Labute approximate surface area is 242 Å². The number of hydrogen-bond donors (Lipinski definition) is 3. The zero-order chi connectivity index (χ0) is 28.9. The van der Waals surface area contributed by atoms with Gasteiger partial charge in [-0.15, -0.1) is 0 Å². The molecular weight excluding hydrogens is 540 g/mol. The van der Waals surface area contributed by atoms with Crippen LogP contribution in [-0.2, 0) is 16.6 Å². The lowest BCUT2D eigenvalue weighted by Crippen LogP contribution is -2.53. The van der Waals surface area contributed by atoms with Crippen LogP contribution < -0.4 is 14.8 Å². The van der Waals surface area contributed by atoms with E-state index in [1.807, 2.05) is 77.5 Å². The van der Waals surface area contributed by atoms with Gasteiger partial charge in [0.2, 0.25) is 10.0 Å². The second kappa shape index (κ2) is 12.6. The molecule has 218 valence electrons. The number of β-amino-alcohol motifs (C(OH)–C–C–N with tert-alkyl or cyclic N) is 1. The van der Waals surface area contributed by atoms with Gasteiger partial charge in [-0.3, -0.25) is 0 Å². The summed E-state index contributed by atoms with van der Waals surface area (Å²) in [5, 5.41) is 13.6. The van der Waals surface area contributed by atoms with Crippen LogP contribution in [0.1, 0.15) is 18.4 Å². The van der Waals surface area contributed by atoms with Crippen molar-refractivity contribution < 1.29 is 23.1 Å². The predicted molar refractivity (Wildman–Crippen MR) is 158 cm³/mol. The summed E-state index contributed by atoms with van der Waals surface area (Å²) in [5.74, 6) is 0.277. The topological polar surface area (TPSA) is 111 Å². The lowest BCUT2D eigenvalue weighted by molar-refractivity contribution is 0.0243. The van der Waals surface area contributed by atoms with Gasteiger partial charge in [-0.05, 0) is 48.7 Å². The largest absolute Gasteiger partial charge is 0.492 e. The maximum absolute atomic E-state index is 13.3. The fraction of sp³-hybridized carbons (Fsp3) is 0.387. The highest BCUT2D eigenvalue weighted by Gasteiger charge is 2.39. The molecule has 2 aliphatic heterocycles. The Morgan fingerprint density at radius 1 is 1.02 bits per heavy atom. The van der Waals surface area contributed by atoms with E-state index < -0.39 is 16.1 Å². The van der Waals surface area contributed by atoms with Crippen molar-refractivity contribution in [1.29, 1.82) is 0 Å². The quantitative estimate of drug-likeness (QED) is 0.440. The number of sulfonamides is 1. The summed E-state index contributed by atoms with van der Waals surface area (Å²) < 4.78 is 35.5. The van der Waals surface area contributed by atoms with Crippen LogP contribution in [0.4, 0.5) is 4.79 Å². The molecule has 1 unspecified atom stereocenters. The van der Waals surface area contributed by atoms with Crippen molar-refractivity contribution in [3.63, 3.8) is 0 Å². The number of rotatable bonds is 3. The number of amides is 2. The van der Waals surface area contributed by atoms with E-state index in [-0.39, 0.29) is 35.2 Å². The third-order valence-corrected chi connectivity index (χ3v) is 9.37. The van der Waals surface area contributed by atoms with E-state index in [4.69, 9.17) is 4.74 Å². The Morgan fingerprint density at radius 3 is 2.41 bits per heavy atom. The van der Waals surface area contributed by atoms with E-state index in [1.54, 1.807) is 18.2 Å². The number of likely N-dealkylation sites (N-methyl/N-ethyl adjacent to an activating group) is 1. The van der Waals surface area contributed by atoms with E-state index in [0.29, 0.717) is 45.6 Å². The zero-order valence-electron chi connectivity index (χ0n) is 23.3. The minimum atomic E-state index is -3.93. The van der Waals surface area contributed by atoms with Crippen molar-refractivity contribution in [2.75, 3.05) is 46.4 Å². The van der Waals surface area contributed by atoms with Gasteiger partial charge in [-0.1, -0.05) is 66.7 Å². The van der Waals surface area contributed by atoms with Crippen molar-refractivity contribution >= 4 is 16.1 Å². The number of nitrogens with one attached hydrogen (secondary N) is 2. The second-order valence-corrected chi connectivity index (χ2v) is 12.9. The summed E-state index contributed by atoms with van der Waals surface area (Å²) in [6.07, 6.45) is 0.499. The van der Waals surface area contributed by atoms with Crippen molar-refractivity contribution in [3.05, 3.63) is 84.4 Å². The standard InChI is InChI=1S/C31H38N4O5S/c1-34-21-27(36)20-33-41(38,39)29-13-12-26(25-10-6-3-7-11-25)18-28(29)40-23-31(22-34)14-16-35(17-15-31)30(37)32-19-24-8-4-2-5-9-24/h2-13,18,27,33,36H,14-17,19-23H2,1H3,(H,32,37). The number of hydrogen-bond acceptors (Lipinski definition) is 6. The molecule has 0 aliphatic carbocycles. The molecule has 0 bridgehead atoms. The molecule has 0 saturated carbocycles. The Morgan fingerprint density at radius 2 is 1.71 bits per heavy atom. The van der Waals surface area contributed by atoms with Gasteiger partial charge in [0, 0.05) is 44.7 Å². The van der Waals surface area contributed by atoms with E-state index in [0.717, 1.165) is 16.7 Å². The summed E-state index contributed by atoms with van der Waals surface area (Å²) in [6, 6.07) is 24.6. The van der Waals surface area contributed by atoms with Crippen LogP contribution in [0, 0.1) is 5.41 Å². The molecule has 0 aromatic heterocycles. The molecule has 1 saturated heterocycles. The molecule has 1 spiro atoms. The number of likely N-dealkylation sites (tertiary alicyclic amines) is 1. The van der Waals surface area contributed by atoms with Crippen LogP contribution in [0.2, 0.25) is 0 Å². The van der Waals surface area contributed by atoms with Crippen LogP contribution in [0.5, 0.6) is 5.75 Å². The number of piperidine rings is 1. The van der Waals surface area contributed by atoms with E-state index in [9.17, 15) is 18.3 Å². The van der Waals surface area contributed by atoms with Gasteiger partial charge in [0.1, 0.15) is 10.6 Å². The van der Waals surface area contributed by atoms with Crippen LogP contribution in [0.15, 0.2) is 83.8 Å². The molecule has 2 heterocycles. The molecule has 41 heavy (non-hydrogen) atoms. The van der Waals surface area contributed by atoms with Crippen molar-refractivity contribution in [2.24, 2.45) is 5.41 Å². The number of benzene rings is 3. The first-order chi connectivity index (χ1) is 19.7. The van der Waals surface area contributed by atoms with Crippen molar-refractivity contribution in [1.82, 2.24) is 19.8 Å². The molecule has 1 fully saturated rings. The first kappa shape index (κ1) is 29.1. The molecule has 2 amide bonds. The van der Waals surface area contributed by atoms with Crippen LogP contribution in [-0.4, -0.2) is 81.8 Å².